The third-order valence-electron chi connectivity index (χ3n) is 3.59. The summed E-state index contributed by atoms with van der Waals surface area (Å²) < 4.78 is 1.92. The Morgan fingerprint density at radius 1 is 1.32 bits per heavy atom. The molecular weight excluding hydrogens is 238 g/mol. The zero-order chi connectivity index (χ0) is 13.4. The molecule has 0 saturated carbocycles. The maximum Gasteiger partial charge on any atom is 0.0881 e. The summed E-state index contributed by atoms with van der Waals surface area (Å²) in [7, 11) is 1.97. The predicted molar refractivity (Wildman–Crippen MR) is 76.1 cm³/mol. The van der Waals surface area contributed by atoms with Gasteiger partial charge in [0.15, 0.2) is 0 Å². The van der Waals surface area contributed by atoms with Crippen molar-refractivity contribution in [3.05, 3.63) is 41.3 Å². The highest BCUT2D eigenvalue weighted by Gasteiger charge is 2.09. The predicted octanol–water partition coefficient (Wildman–Crippen LogP) is 2.53. The summed E-state index contributed by atoms with van der Waals surface area (Å²) in [6, 6.07) is 6.13. The van der Waals surface area contributed by atoms with Crippen molar-refractivity contribution >= 4 is 16.6 Å². The molecule has 0 spiro atoms. The van der Waals surface area contributed by atoms with E-state index in [2.05, 4.69) is 33.6 Å². The number of fused-ring (bicyclic) bond motifs is 1. The van der Waals surface area contributed by atoms with Crippen LogP contribution >= 0.6 is 0 Å². The molecule has 0 aliphatic carbocycles. The molecule has 0 unspecified atom stereocenters. The van der Waals surface area contributed by atoms with Crippen LogP contribution in [0.3, 0.4) is 0 Å². The van der Waals surface area contributed by atoms with Crippen molar-refractivity contribution in [3.63, 3.8) is 0 Å². The lowest BCUT2D eigenvalue weighted by Gasteiger charge is -2.08. The Balaban J connectivity index is 1.88. The summed E-state index contributed by atoms with van der Waals surface area (Å²) in [5.74, 6) is 0. The van der Waals surface area contributed by atoms with E-state index in [4.69, 9.17) is 0 Å². The first-order valence-electron chi connectivity index (χ1n) is 6.32. The lowest BCUT2D eigenvalue weighted by Crippen LogP contribution is -2.02. The number of rotatable bonds is 3. The molecule has 19 heavy (non-hydrogen) atoms. The third-order valence-corrected chi connectivity index (χ3v) is 3.59. The second-order valence-corrected chi connectivity index (χ2v) is 4.77. The maximum absolute atomic E-state index is 4.43. The van der Waals surface area contributed by atoms with Gasteiger partial charge in [0.25, 0.3) is 0 Å². The fourth-order valence-electron chi connectivity index (χ4n) is 2.37. The van der Waals surface area contributed by atoms with Crippen LogP contribution in [0.25, 0.3) is 10.9 Å². The molecule has 0 aliphatic heterocycles. The van der Waals surface area contributed by atoms with Crippen molar-refractivity contribution < 1.29 is 0 Å². The highest BCUT2D eigenvalue weighted by Crippen LogP contribution is 2.22. The van der Waals surface area contributed by atoms with E-state index in [9.17, 15) is 0 Å². The average molecular weight is 255 g/mol. The molecule has 0 bridgehead atoms. The van der Waals surface area contributed by atoms with Gasteiger partial charge in [0.1, 0.15) is 0 Å². The Bertz CT molecular complexity index is 723. The number of aromatic amines is 1. The van der Waals surface area contributed by atoms with Crippen molar-refractivity contribution in [2.45, 2.75) is 20.4 Å². The highest BCUT2D eigenvalue weighted by molar-refractivity contribution is 5.89. The quantitative estimate of drug-likeness (QED) is 0.756. The molecule has 1 aromatic carbocycles. The van der Waals surface area contributed by atoms with E-state index in [1.54, 1.807) is 0 Å². The van der Waals surface area contributed by atoms with Gasteiger partial charge in [-0.2, -0.15) is 10.2 Å². The van der Waals surface area contributed by atoms with Crippen LogP contribution in [0.5, 0.6) is 0 Å². The first-order chi connectivity index (χ1) is 9.16. The molecule has 5 nitrogen and oxygen atoms in total. The van der Waals surface area contributed by atoms with Gasteiger partial charge in [-0.25, -0.2) is 0 Å². The zero-order valence-electron chi connectivity index (χ0n) is 11.4. The van der Waals surface area contributed by atoms with E-state index in [0.717, 1.165) is 28.8 Å². The normalized spacial score (nSPS) is 11.1. The van der Waals surface area contributed by atoms with Gasteiger partial charge in [-0.05, 0) is 19.9 Å². The smallest absolute Gasteiger partial charge is 0.0881 e. The Labute approximate surface area is 111 Å². The number of nitrogens with one attached hydrogen (secondary N) is 2. The van der Waals surface area contributed by atoms with Crippen LogP contribution in [0.2, 0.25) is 0 Å². The number of benzene rings is 1. The SMILES string of the molecule is Cc1nn(C)c(C)c1CNc1cccc2cn[nH]c12. The minimum Gasteiger partial charge on any atom is -0.379 e. The van der Waals surface area contributed by atoms with E-state index >= 15 is 0 Å². The molecule has 2 aromatic heterocycles. The molecule has 2 N–H and O–H groups in total. The van der Waals surface area contributed by atoms with Crippen LogP contribution < -0.4 is 5.32 Å². The van der Waals surface area contributed by atoms with Crippen molar-refractivity contribution in [1.82, 2.24) is 20.0 Å². The van der Waals surface area contributed by atoms with E-state index in [-0.39, 0.29) is 0 Å². The van der Waals surface area contributed by atoms with Gasteiger partial charge in [-0.15, -0.1) is 0 Å². The summed E-state index contributed by atoms with van der Waals surface area (Å²) >= 11 is 0. The molecule has 0 amide bonds. The number of H-pyrrole nitrogens is 1. The Morgan fingerprint density at radius 2 is 2.16 bits per heavy atom. The minimum absolute atomic E-state index is 0.768. The fourth-order valence-corrected chi connectivity index (χ4v) is 2.37. The minimum atomic E-state index is 0.768. The molecular formula is C14H17N5. The van der Waals surface area contributed by atoms with Crippen LogP contribution in [0.15, 0.2) is 24.4 Å². The molecule has 0 saturated heterocycles. The first-order valence-corrected chi connectivity index (χ1v) is 6.32. The van der Waals surface area contributed by atoms with E-state index in [1.165, 1.54) is 11.3 Å². The summed E-state index contributed by atoms with van der Waals surface area (Å²) in [4.78, 5) is 0. The lowest BCUT2D eigenvalue weighted by atomic mass is 10.2. The van der Waals surface area contributed by atoms with Gasteiger partial charge in [-0.3, -0.25) is 9.78 Å². The third kappa shape index (κ3) is 1.97. The van der Waals surface area contributed by atoms with Crippen molar-refractivity contribution in [2.24, 2.45) is 7.05 Å². The van der Waals surface area contributed by atoms with Gasteiger partial charge < -0.3 is 5.32 Å². The van der Waals surface area contributed by atoms with Crippen LogP contribution in [-0.4, -0.2) is 20.0 Å². The molecule has 2 heterocycles. The van der Waals surface area contributed by atoms with Crippen molar-refractivity contribution in [3.8, 4) is 0 Å². The number of hydrogen-bond acceptors (Lipinski definition) is 3. The van der Waals surface area contributed by atoms with Crippen molar-refractivity contribution in [2.75, 3.05) is 5.32 Å². The van der Waals surface area contributed by atoms with E-state index < -0.39 is 0 Å². The molecule has 3 rings (SSSR count). The van der Waals surface area contributed by atoms with E-state index in [1.807, 2.05) is 37.0 Å². The first kappa shape index (κ1) is 11.8. The van der Waals surface area contributed by atoms with Crippen LogP contribution in [-0.2, 0) is 13.6 Å². The monoisotopic (exact) mass is 255 g/mol. The number of hydrogen-bond donors (Lipinski definition) is 2. The fraction of sp³-hybridized carbons (Fsp3) is 0.286. The molecule has 0 aliphatic rings. The highest BCUT2D eigenvalue weighted by atomic mass is 15.3. The lowest BCUT2D eigenvalue weighted by molar-refractivity contribution is 0.730. The van der Waals surface area contributed by atoms with Gasteiger partial charge in [0.2, 0.25) is 0 Å². The molecule has 0 atom stereocenters. The molecule has 98 valence electrons. The van der Waals surface area contributed by atoms with Gasteiger partial charge in [0, 0.05) is 30.2 Å². The number of nitrogens with zero attached hydrogens (tertiary/aromatic N) is 3. The summed E-state index contributed by atoms with van der Waals surface area (Å²) in [5, 5.41) is 16.1. The summed E-state index contributed by atoms with van der Waals surface area (Å²) in [5.41, 5.74) is 5.63. The standard InChI is InChI=1S/C14H17N5/c1-9-12(10(2)19(3)18-9)8-15-13-6-4-5-11-7-16-17-14(11)13/h4-7,15H,8H2,1-3H3,(H,16,17). The Kier molecular flexibility index (Phi) is 2.74. The zero-order valence-corrected chi connectivity index (χ0v) is 11.4. The average Bonchev–Trinajstić information content (AvgIpc) is 2.95. The number of para-hydroxylation sites is 1. The van der Waals surface area contributed by atoms with Gasteiger partial charge in [0.05, 0.1) is 23.1 Å². The molecule has 0 radical (unpaired) electrons. The van der Waals surface area contributed by atoms with Crippen molar-refractivity contribution in [1.29, 1.82) is 0 Å². The molecule has 5 heteroatoms. The number of aryl methyl sites for hydroxylation is 2. The van der Waals surface area contributed by atoms with Gasteiger partial charge >= 0.3 is 0 Å². The summed E-state index contributed by atoms with van der Waals surface area (Å²) in [6.45, 7) is 4.90. The van der Waals surface area contributed by atoms with Crippen LogP contribution in [0, 0.1) is 13.8 Å². The van der Waals surface area contributed by atoms with E-state index in [0.29, 0.717) is 0 Å². The van der Waals surface area contributed by atoms with Crippen LogP contribution in [0.4, 0.5) is 5.69 Å². The summed E-state index contributed by atoms with van der Waals surface area (Å²) in [6.07, 6.45) is 1.83. The topological polar surface area (TPSA) is 58.5 Å². The number of anilines is 1. The number of aromatic nitrogens is 4. The molecule has 0 fully saturated rings. The van der Waals surface area contributed by atoms with Gasteiger partial charge in [-0.1, -0.05) is 12.1 Å². The second kappa shape index (κ2) is 4.42. The Hall–Kier alpha value is -2.30. The second-order valence-electron chi connectivity index (χ2n) is 4.77. The largest absolute Gasteiger partial charge is 0.379 e. The Morgan fingerprint density at radius 3 is 2.89 bits per heavy atom. The molecule has 3 aromatic rings. The van der Waals surface area contributed by atoms with Crippen LogP contribution in [0.1, 0.15) is 17.0 Å². The maximum atomic E-state index is 4.43.